The van der Waals surface area contributed by atoms with Crippen LogP contribution in [-0.2, 0) is 4.79 Å². The van der Waals surface area contributed by atoms with Gasteiger partial charge in [0.15, 0.2) is 0 Å². The second-order valence-electron chi connectivity index (χ2n) is 5.89. The van der Waals surface area contributed by atoms with Crippen molar-refractivity contribution in [1.82, 2.24) is 0 Å². The van der Waals surface area contributed by atoms with Gasteiger partial charge in [-0.25, -0.2) is 0 Å². The maximum atomic E-state index is 12.1. The number of carbonyl (C=O) groups is 1. The summed E-state index contributed by atoms with van der Waals surface area (Å²) in [6, 6.07) is 7.48. The molecule has 1 aromatic carbocycles. The molecule has 1 aliphatic rings. The van der Waals surface area contributed by atoms with Crippen molar-refractivity contribution in [2.24, 2.45) is 11.8 Å². The molecule has 0 heterocycles. The fraction of sp³-hybridized carbons (Fsp3) is 0.650. The van der Waals surface area contributed by atoms with Crippen LogP contribution in [0.15, 0.2) is 24.3 Å². The zero-order chi connectivity index (χ0) is 17.7. The summed E-state index contributed by atoms with van der Waals surface area (Å²) in [7, 11) is 1.64. The first-order chi connectivity index (χ1) is 11.1. The van der Waals surface area contributed by atoms with E-state index < -0.39 is 0 Å². The van der Waals surface area contributed by atoms with Crippen LogP contribution in [0.25, 0.3) is 0 Å². The van der Waals surface area contributed by atoms with Crippen molar-refractivity contribution >= 4 is 25.1 Å². The van der Waals surface area contributed by atoms with Crippen molar-refractivity contribution in [2.75, 3.05) is 12.4 Å². The summed E-state index contributed by atoms with van der Waals surface area (Å²) < 4.78 is 5.09. The molecule has 2 unspecified atom stereocenters. The molecular weight excluding hydrogens is 318 g/mol. The quantitative estimate of drug-likeness (QED) is 0.720. The second-order valence-corrected chi connectivity index (χ2v) is 5.89. The summed E-state index contributed by atoms with van der Waals surface area (Å²) in [5.41, 5.74) is 0.846. The van der Waals surface area contributed by atoms with E-state index in [1.54, 1.807) is 7.11 Å². The highest BCUT2D eigenvalue weighted by Gasteiger charge is 2.24. The number of amides is 1. The largest absolute Gasteiger partial charge is 0.497 e. The molecule has 140 valence electrons. The van der Waals surface area contributed by atoms with Gasteiger partial charge >= 0.3 is 0 Å². The third-order valence-electron chi connectivity index (χ3n) is 3.66. The topological polar surface area (TPSA) is 38.3 Å². The Labute approximate surface area is 156 Å². The highest BCUT2D eigenvalue weighted by molar-refractivity contribution is 7.59. The van der Waals surface area contributed by atoms with Crippen molar-refractivity contribution in [3.63, 3.8) is 0 Å². The van der Waals surface area contributed by atoms with Gasteiger partial charge in [-0.1, -0.05) is 53.9 Å². The lowest BCUT2D eigenvalue weighted by Crippen LogP contribution is -2.27. The van der Waals surface area contributed by atoms with Gasteiger partial charge in [0.1, 0.15) is 5.75 Å². The van der Waals surface area contributed by atoms with Crippen LogP contribution in [-0.4, -0.2) is 13.0 Å². The summed E-state index contributed by atoms with van der Waals surface area (Å²) >= 11 is 0. The van der Waals surface area contributed by atoms with E-state index in [4.69, 9.17) is 4.74 Å². The number of hydrogen-bond donors (Lipinski definition) is 1. The molecule has 2 rings (SSSR count). The molecule has 3 nitrogen and oxygen atoms in total. The number of anilines is 1. The SMILES string of the molecule is CC.CCC.COc1ccc(NC(=O)C2CCCC(C)C2)cc1.S. The van der Waals surface area contributed by atoms with Crippen LogP contribution in [0.4, 0.5) is 5.69 Å². The van der Waals surface area contributed by atoms with E-state index in [0.717, 1.165) is 24.3 Å². The molecule has 1 aromatic rings. The van der Waals surface area contributed by atoms with Gasteiger partial charge in [-0.2, -0.15) is 13.5 Å². The van der Waals surface area contributed by atoms with Crippen LogP contribution in [0.1, 0.15) is 66.7 Å². The van der Waals surface area contributed by atoms with Crippen molar-refractivity contribution < 1.29 is 9.53 Å². The fourth-order valence-corrected chi connectivity index (χ4v) is 2.59. The summed E-state index contributed by atoms with van der Waals surface area (Å²) in [5.74, 6) is 1.81. The number of methoxy groups -OCH3 is 1. The minimum Gasteiger partial charge on any atom is -0.497 e. The Bertz CT molecular complexity index is 420. The predicted octanol–water partition coefficient (Wildman–Crippen LogP) is 6.02. The van der Waals surface area contributed by atoms with E-state index in [-0.39, 0.29) is 25.3 Å². The molecule has 0 aliphatic heterocycles. The average molecular weight is 356 g/mol. The third kappa shape index (κ3) is 9.86. The maximum Gasteiger partial charge on any atom is 0.227 e. The van der Waals surface area contributed by atoms with Crippen LogP contribution in [0, 0.1) is 11.8 Å². The Morgan fingerprint density at radius 1 is 1.17 bits per heavy atom. The van der Waals surface area contributed by atoms with Gasteiger partial charge < -0.3 is 10.1 Å². The normalized spacial score (nSPS) is 18.6. The molecule has 0 radical (unpaired) electrons. The van der Waals surface area contributed by atoms with Crippen LogP contribution < -0.4 is 10.1 Å². The zero-order valence-corrected chi connectivity index (χ0v) is 17.3. The number of ether oxygens (including phenoxy) is 1. The lowest BCUT2D eigenvalue weighted by Gasteiger charge is -2.25. The first kappa shape index (κ1) is 25.1. The first-order valence-corrected chi connectivity index (χ1v) is 9.05. The first-order valence-electron chi connectivity index (χ1n) is 9.05. The summed E-state index contributed by atoms with van der Waals surface area (Å²) in [5, 5.41) is 2.99. The third-order valence-corrected chi connectivity index (χ3v) is 3.66. The molecule has 1 N–H and O–H groups in total. The maximum absolute atomic E-state index is 12.1. The molecule has 1 fully saturated rings. The van der Waals surface area contributed by atoms with E-state index in [9.17, 15) is 4.79 Å². The highest BCUT2D eigenvalue weighted by atomic mass is 32.1. The lowest BCUT2D eigenvalue weighted by molar-refractivity contribution is -0.121. The van der Waals surface area contributed by atoms with Crippen molar-refractivity contribution in [1.29, 1.82) is 0 Å². The molecule has 0 spiro atoms. The Balaban J connectivity index is 0. The Morgan fingerprint density at radius 2 is 1.71 bits per heavy atom. The molecule has 1 amide bonds. The second kappa shape index (κ2) is 15.4. The monoisotopic (exact) mass is 355 g/mol. The van der Waals surface area contributed by atoms with Crippen molar-refractivity contribution in [3.05, 3.63) is 24.3 Å². The number of nitrogens with one attached hydrogen (secondary N) is 1. The molecule has 0 bridgehead atoms. The predicted molar refractivity (Wildman–Crippen MR) is 110 cm³/mol. The van der Waals surface area contributed by atoms with Gasteiger partial charge in [-0.3, -0.25) is 4.79 Å². The van der Waals surface area contributed by atoms with Crippen LogP contribution in [0.5, 0.6) is 5.75 Å². The summed E-state index contributed by atoms with van der Waals surface area (Å²) in [4.78, 5) is 12.1. The molecule has 1 aliphatic carbocycles. The van der Waals surface area contributed by atoms with Crippen molar-refractivity contribution in [3.8, 4) is 5.75 Å². The van der Waals surface area contributed by atoms with Crippen molar-refractivity contribution in [2.45, 2.75) is 66.7 Å². The fourth-order valence-electron chi connectivity index (χ4n) is 2.59. The number of carbonyl (C=O) groups excluding carboxylic acids is 1. The summed E-state index contributed by atoms with van der Waals surface area (Å²) in [6.45, 7) is 10.5. The lowest BCUT2D eigenvalue weighted by atomic mass is 9.82. The van der Waals surface area contributed by atoms with E-state index in [1.165, 1.54) is 19.3 Å². The molecule has 0 aromatic heterocycles. The summed E-state index contributed by atoms with van der Waals surface area (Å²) in [6.07, 6.45) is 5.71. The van der Waals surface area contributed by atoms with Gasteiger partial charge in [0, 0.05) is 11.6 Å². The van der Waals surface area contributed by atoms with Crippen LogP contribution in [0.2, 0.25) is 0 Å². The van der Waals surface area contributed by atoms with E-state index in [2.05, 4.69) is 26.1 Å². The van der Waals surface area contributed by atoms with Gasteiger partial charge in [-0.15, -0.1) is 0 Å². The van der Waals surface area contributed by atoms with Gasteiger partial charge in [-0.05, 0) is 43.0 Å². The molecule has 2 atom stereocenters. The Hall–Kier alpha value is -1.16. The average Bonchev–Trinajstić information content (AvgIpc) is 2.58. The minimum absolute atomic E-state index is 0. The minimum atomic E-state index is 0. The Kier molecular flexibility index (Phi) is 16.1. The van der Waals surface area contributed by atoms with E-state index in [1.807, 2.05) is 38.1 Å². The number of rotatable bonds is 3. The van der Waals surface area contributed by atoms with E-state index >= 15 is 0 Å². The highest BCUT2D eigenvalue weighted by Crippen LogP contribution is 2.29. The molecule has 1 saturated carbocycles. The molecule has 4 heteroatoms. The van der Waals surface area contributed by atoms with Crippen LogP contribution in [0.3, 0.4) is 0 Å². The van der Waals surface area contributed by atoms with Crippen LogP contribution >= 0.6 is 13.5 Å². The number of hydrogen-bond acceptors (Lipinski definition) is 2. The smallest absolute Gasteiger partial charge is 0.227 e. The van der Waals surface area contributed by atoms with Gasteiger partial charge in [0.2, 0.25) is 5.91 Å². The van der Waals surface area contributed by atoms with Gasteiger partial charge in [0.25, 0.3) is 0 Å². The van der Waals surface area contributed by atoms with E-state index in [0.29, 0.717) is 5.92 Å². The molecular formula is C20H37NO2S. The van der Waals surface area contributed by atoms with Gasteiger partial charge in [0.05, 0.1) is 7.11 Å². The zero-order valence-electron chi connectivity index (χ0n) is 16.3. The standard InChI is InChI=1S/C15H21NO2.C3H8.C2H6.H2S/c1-11-4-3-5-12(10-11)15(17)16-13-6-8-14(18-2)9-7-13;1-3-2;1-2;/h6-9,11-12H,3-5,10H2,1-2H3,(H,16,17);3H2,1-2H3;1-2H3;1H2. The Morgan fingerprint density at radius 3 is 2.17 bits per heavy atom. The molecule has 24 heavy (non-hydrogen) atoms. The number of benzene rings is 1. The molecule has 0 saturated heterocycles.